The number of carbonyl (C=O) groups is 1. The zero-order valence-corrected chi connectivity index (χ0v) is 15.7. The van der Waals surface area contributed by atoms with Crippen molar-refractivity contribution in [2.75, 3.05) is 31.6 Å². The molecule has 4 heterocycles. The van der Waals surface area contributed by atoms with Crippen LogP contribution in [0.2, 0.25) is 0 Å². The number of nitrogens with zero attached hydrogens (tertiary/aromatic N) is 5. The van der Waals surface area contributed by atoms with E-state index in [1.807, 2.05) is 25.4 Å². The van der Waals surface area contributed by atoms with Crippen LogP contribution in [0.1, 0.15) is 31.4 Å². The Morgan fingerprint density at radius 2 is 2.04 bits per heavy atom. The van der Waals surface area contributed by atoms with Gasteiger partial charge in [-0.05, 0) is 43.4 Å². The predicted molar refractivity (Wildman–Crippen MR) is 102 cm³/mol. The van der Waals surface area contributed by atoms with E-state index in [4.69, 9.17) is 9.72 Å². The molecule has 0 aromatic carbocycles. The Labute approximate surface area is 159 Å². The molecule has 4 rings (SSSR count). The van der Waals surface area contributed by atoms with E-state index >= 15 is 0 Å². The van der Waals surface area contributed by atoms with Crippen LogP contribution in [0.25, 0.3) is 11.1 Å². The topological polar surface area (TPSA) is 71.5 Å². The lowest BCUT2D eigenvalue weighted by Gasteiger charge is -2.23. The summed E-state index contributed by atoms with van der Waals surface area (Å²) in [5, 5.41) is 0. The molecule has 0 spiro atoms. The lowest BCUT2D eigenvalue weighted by atomic mass is 10.1. The summed E-state index contributed by atoms with van der Waals surface area (Å²) in [6.07, 6.45) is 9.14. The maximum absolute atomic E-state index is 12.7. The van der Waals surface area contributed by atoms with Gasteiger partial charge in [-0.15, -0.1) is 0 Å². The molecule has 2 saturated heterocycles. The zero-order chi connectivity index (χ0) is 18.6. The minimum Gasteiger partial charge on any atom is -0.368 e. The Morgan fingerprint density at radius 3 is 2.74 bits per heavy atom. The number of pyridine rings is 1. The molecule has 2 aromatic rings. The smallest absolute Gasteiger partial charge is 0.251 e. The predicted octanol–water partition coefficient (Wildman–Crippen LogP) is 2.28. The second kappa shape index (κ2) is 8.00. The molecule has 0 saturated carbocycles. The molecular weight excluding hydrogens is 342 g/mol. The summed E-state index contributed by atoms with van der Waals surface area (Å²) in [6.45, 7) is 3.07. The molecule has 142 valence electrons. The maximum Gasteiger partial charge on any atom is 0.251 e. The van der Waals surface area contributed by atoms with Crippen LogP contribution in [0.15, 0.2) is 30.7 Å². The van der Waals surface area contributed by atoms with Crippen molar-refractivity contribution in [2.45, 2.75) is 38.3 Å². The number of hydrogen-bond donors (Lipinski definition) is 0. The fourth-order valence-corrected chi connectivity index (χ4v) is 3.69. The van der Waals surface area contributed by atoms with Crippen molar-refractivity contribution < 1.29 is 9.53 Å². The van der Waals surface area contributed by atoms with Crippen molar-refractivity contribution in [3.05, 3.63) is 36.4 Å². The SMILES string of the molecule is CN(Cc1nc(N2CCCC2)ncc1-c1ccncc1)C(=O)C1CCCO1. The zero-order valence-electron chi connectivity index (χ0n) is 15.7. The first kappa shape index (κ1) is 17.9. The Morgan fingerprint density at radius 1 is 1.26 bits per heavy atom. The van der Waals surface area contributed by atoms with Gasteiger partial charge in [0.05, 0.1) is 12.2 Å². The van der Waals surface area contributed by atoms with Gasteiger partial charge in [0.1, 0.15) is 6.10 Å². The summed E-state index contributed by atoms with van der Waals surface area (Å²) in [7, 11) is 1.82. The van der Waals surface area contributed by atoms with Crippen LogP contribution in [0.4, 0.5) is 5.95 Å². The van der Waals surface area contributed by atoms with Crippen molar-refractivity contribution in [3.8, 4) is 11.1 Å². The molecule has 2 aliphatic rings. The minimum absolute atomic E-state index is 0.0227. The fraction of sp³-hybridized carbons (Fsp3) is 0.500. The van der Waals surface area contributed by atoms with Gasteiger partial charge >= 0.3 is 0 Å². The molecule has 7 nitrogen and oxygen atoms in total. The summed E-state index contributed by atoms with van der Waals surface area (Å²) in [5.41, 5.74) is 2.80. The van der Waals surface area contributed by atoms with E-state index in [1.54, 1.807) is 17.3 Å². The van der Waals surface area contributed by atoms with Gasteiger partial charge in [0.15, 0.2) is 0 Å². The highest BCUT2D eigenvalue weighted by molar-refractivity contribution is 5.81. The van der Waals surface area contributed by atoms with E-state index < -0.39 is 0 Å². The molecule has 0 bridgehead atoms. The summed E-state index contributed by atoms with van der Waals surface area (Å²) in [6, 6.07) is 3.89. The Balaban J connectivity index is 1.62. The second-order valence-electron chi connectivity index (χ2n) is 7.16. The van der Waals surface area contributed by atoms with Gasteiger partial charge in [-0.1, -0.05) is 0 Å². The van der Waals surface area contributed by atoms with Crippen molar-refractivity contribution in [1.29, 1.82) is 0 Å². The molecule has 2 fully saturated rings. The number of hydrogen-bond acceptors (Lipinski definition) is 6. The van der Waals surface area contributed by atoms with Crippen LogP contribution in [0.5, 0.6) is 0 Å². The first-order valence-electron chi connectivity index (χ1n) is 9.60. The molecule has 0 N–H and O–H groups in total. The van der Waals surface area contributed by atoms with E-state index in [-0.39, 0.29) is 12.0 Å². The van der Waals surface area contributed by atoms with Gasteiger partial charge in [-0.2, -0.15) is 0 Å². The monoisotopic (exact) mass is 367 g/mol. The van der Waals surface area contributed by atoms with Crippen molar-refractivity contribution in [2.24, 2.45) is 0 Å². The van der Waals surface area contributed by atoms with Crippen LogP contribution >= 0.6 is 0 Å². The fourth-order valence-electron chi connectivity index (χ4n) is 3.69. The largest absolute Gasteiger partial charge is 0.368 e. The van der Waals surface area contributed by atoms with E-state index in [1.165, 1.54) is 12.8 Å². The molecule has 1 atom stereocenters. The van der Waals surface area contributed by atoms with E-state index in [0.29, 0.717) is 13.2 Å². The molecular formula is C20H25N5O2. The number of amides is 1. The van der Waals surface area contributed by atoms with Gasteiger partial charge < -0.3 is 14.5 Å². The lowest BCUT2D eigenvalue weighted by Crippen LogP contribution is -2.36. The number of rotatable bonds is 5. The molecule has 0 aliphatic carbocycles. The third kappa shape index (κ3) is 3.93. The molecule has 2 aliphatic heterocycles. The third-order valence-corrected chi connectivity index (χ3v) is 5.20. The average molecular weight is 367 g/mol. The second-order valence-corrected chi connectivity index (χ2v) is 7.16. The van der Waals surface area contributed by atoms with Gasteiger partial charge in [0.2, 0.25) is 5.95 Å². The highest BCUT2D eigenvalue weighted by atomic mass is 16.5. The van der Waals surface area contributed by atoms with Crippen LogP contribution in [0.3, 0.4) is 0 Å². The van der Waals surface area contributed by atoms with Crippen molar-refractivity contribution in [1.82, 2.24) is 19.9 Å². The quantitative estimate of drug-likeness (QED) is 0.807. The molecule has 0 radical (unpaired) electrons. The Kier molecular flexibility index (Phi) is 5.29. The van der Waals surface area contributed by atoms with Crippen molar-refractivity contribution in [3.63, 3.8) is 0 Å². The maximum atomic E-state index is 12.7. The standard InChI is InChI=1S/C20H25N5O2/c1-24(19(26)18-5-4-12-27-18)14-17-16(15-6-8-21-9-7-15)13-22-20(23-17)25-10-2-3-11-25/h6-9,13,18H,2-5,10-12,14H2,1H3. The van der Waals surface area contributed by atoms with Crippen LogP contribution in [-0.4, -0.2) is 58.6 Å². The average Bonchev–Trinajstić information content (AvgIpc) is 3.42. The van der Waals surface area contributed by atoms with Gasteiger partial charge in [-0.25, -0.2) is 9.97 Å². The van der Waals surface area contributed by atoms with Crippen LogP contribution < -0.4 is 4.90 Å². The minimum atomic E-state index is -0.320. The highest BCUT2D eigenvalue weighted by Gasteiger charge is 2.27. The molecule has 1 amide bonds. The Bertz CT molecular complexity index is 786. The first-order valence-corrected chi connectivity index (χ1v) is 9.60. The molecule has 7 heteroatoms. The van der Waals surface area contributed by atoms with E-state index in [0.717, 1.165) is 48.7 Å². The van der Waals surface area contributed by atoms with Crippen LogP contribution in [-0.2, 0) is 16.1 Å². The number of anilines is 1. The number of carbonyl (C=O) groups excluding carboxylic acids is 1. The molecule has 2 aromatic heterocycles. The summed E-state index contributed by atoms with van der Waals surface area (Å²) in [4.78, 5) is 30.1. The molecule has 1 unspecified atom stereocenters. The van der Waals surface area contributed by atoms with Gasteiger partial charge in [0, 0.05) is 50.9 Å². The summed E-state index contributed by atoms with van der Waals surface area (Å²) >= 11 is 0. The normalized spacial score (nSPS) is 19.4. The highest BCUT2D eigenvalue weighted by Crippen LogP contribution is 2.26. The third-order valence-electron chi connectivity index (χ3n) is 5.20. The summed E-state index contributed by atoms with van der Waals surface area (Å²) in [5.74, 6) is 0.771. The van der Waals surface area contributed by atoms with Crippen LogP contribution in [0, 0.1) is 0 Å². The van der Waals surface area contributed by atoms with Gasteiger partial charge in [-0.3, -0.25) is 9.78 Å². The Hall–Kier alpha value is -2.54. The first-order chi connectivity index (χ1) is 13.2. The van der Waals surface area contributed by atoms with Gasteiger partial charge in [0.25, 0.3) is 5.91 Å². The van der Waals surface area contributed by atoms with Crippen molar-refractivity contribution >= 4 is 11.9 Å². The number of ether oxygens (including phenoxy) is 1. The van der Waals surface area contributed by atoms with E-state index in [9.17, 15) is 4.79 Å². The van der Waals surface area contributed by atoms with E-state index in [2.05, 4.69) is 14.9 Å². The lowest BCUT2D eigenvalue weighted by molar-refractivity contribution is -0.140. The number of likely N-dealkylation sites (N-methyl/N-ethyl adjacent to an activating group) is 1. The summed E-state index contributed by atoms with van der Waals surface area (Å²) < 4.78 is 5.55. The number of aromatic nitrogens is 3. The molecule has 27 heavy (non-hydrogen) atoms.